The fraction of sp³-hybridized carbons (Fsp3) is 0.286. The average molecular weight is 381 g/mol. The molecule has 0 atom stereocenters. The number of aromatic nitrogens is 2. The van der Waals surface area contributed by atoms with E-state index in [1.165, 1.54) is 0 Å². The lowest BCUT2D eigenvalue weighted by atomic mass is 10.2. The molecule has 3 aromatic rings. The van der Waals surface area contributed by atoms with Gasteiger partial charge in [0, 0.05) is 6.54 Å². The van der Waals surface area contributed by atoms with Crippen LogP contribution in [0.2, 0.25) is 0 Å². The standard InChI is InChI=1S/C21H23N3O4/c1-4-24(12-19-22-16-8-6-5-7-15(16)21(26)23-19)20(25)13-28-17-10-9-14(2)11-18(17)27-3/h5-11H,4,12-13H2,1-3H3,(H,22,23,26). The monoisotopic (exact) mass is 381 g/mol. The maximum Gasteiger partial charge on any atom is 0.260 e. The molecule has 28 heavy (non-hydrogen) atoms. The van der Waals surface area contributed by atoms with E-state index in [0.29, 0.717) is 34.8 Å². The first kappa shape index (κ1) is 19.4. The molecular formula is C21H23N3O4. The minimum Gasteiger partial charge on any atom is -0.493 e. The number of benzene rings is 2. The molecule has 0 saturated carbocycles. The third-order valence-corrected chi connectivity index (χ3v) is 4.41. The predicted molar refractivity (Wildman–Crippen MR) is 107 cm³/mol. The van der Waals surface area contributed by atoms with Crippen LogP contribution < -0.4 is 15.0 Å². The average Bonchev–Trinajstić information content (AvgIpc) is 2.70. The van der Waals surface area contributed by atoms with Gasteiger partial charge in [-0.05, 0) is 43.7 Å². The summed E-state index contributed by atoms with van der Waals surface area (Å²) < 4.78 is 10.9. The lowest BCUT2D eigenvalue weighted by Crippen LogP contribution is -2.35. The minimum atomic E-state index is -0.218. The number of nitrogens with zero attached hydrogens (tertiary/aromatic N) is 2. The topological polar surface area (TPSA) is 84.5 Å². The van der Waals surface area contributed by atoms with Crippen molar-refractivity contribution in [1.82, 2.24) is 14.9 Å². The van der Waals surface area contributed by atoms with E-state index in [1.54, 1.807) is 36.3 Å². The maximum atomic E-state index is 12.6. The molecule has 0 fully saturated rings. The van der Waals surface area contributed by atoms with Crippen molar-refractivity contribution in [2.24, 2.45) is 0 Å². The third kappa shape index (κ3) is 4.31. The molecule has 1 aromatic heterocycles. The Hall–Kier alpha value is -3.35. The van der Waals surface area contributed by atoms with Crippen molar-refractivity contribution in [2.45, 2.75) is 20.4 Å². The summed E-state index contributed by atoms with van der Waals surface area (Å²) in [4.78, 5) is 33.6. The van der Waals surface area contributed by atoms with Crippen molar-refractivity contribution in [1.29, 1.82) is 0 Å². The number of fused-ring (bicyclic) bond motifs is 1. The minimum absolute atomic E-state index is 0.134. The molecular weight excluding hydrogens is 358 g/mol. The predicted octanol–water partition coefficient (Wildman–Crippen LogP) is 2.67. The number of H-pyrrole nitrogens is 1. The number of nitrogens with one attached hydrogen (secondary N) is 1. The molecule has 7 heteroatoms. The van der Waals surface area contributed by atoms with Crippen LogP contribution in [0.1, 0.15) is 18.3 Å². The molecule has 0 radical (unpaired) electrons. The normalized spacial score (nSPS) is 10.7. The van der Waals surface area contributed by atoms with Crippen LogP contribution in [0.5, 0.6) is 11.5 Å². The second-order valence-corrected chi connectivity index (χ2v) is 6.38. The van der Waals surface area contributed by atoms with Gasteiger partial charge in [0.15, 0.2) is 18.1 Å². The van der Waals surface area contributed by atoms with Gasteiger partial charge in [-0.1, -0.05) is 18.2 Å². The van der Waals surface area contributed by atoms with Crippen molar-refractivity contribution >= 4 is 16.8 Å². The van der Waals surface area contributed by atoms with Gasteiger partial charge in [0.25, 0.3) is 11.5 Å². The summed E-state index contributed by atoms with van der Waals surface area (Å²) in [6.45, 7) is 4.34. The molecule has 1 amide bonds. The summed E-state index contributed by atoms with van der Waals surface area (Å²) in [6, 6.07) is 12.6. The Morgan fingerprint density at radius 1 is 1.18 bits per heavy atom. The maximum absolute atomic E-state index is 12.6. The van der Waals surface area contributed by atoms with E-state index in [0.717, 1.165) is 5.56 Å². The van der Waals surface area contributed by atoms with E-state index >= 15 is 0 Å². The number of aryl methyl sites for hydroxylation is 1. The molecule has 0 unspecified atom stereocenters. The van der Waals surface area contributed by atoms with Crippen LogP contribution in [0.4, 0.5) is 0 Å². The molecule has 146 valence electrons. The zero-order chi connectivity index (χ0) is 20.1. The van der Waals surface area contributed by atoms with Crippen LogP contribution in [0, 0.1) is 6.92 Å². The molecule has 0 aliphatic carbocycles. The molecule has 0 spiro atoms. The van der Waals surface area contributed by atoms with Gasteiger partial charge < -0.3 is 19.4 Å². The molecule has 0 aliphatic rings. The Balaban J connectivity index is 1.71. The number of para-hydroxylation sites is 1. The van der Waals surface area contributed by atoms with Gasteiger partial charge in [-0.25, -0.2) is 4.98 Å². The second-order valence-electron chi connectivity index (χ2n) is 6.38. The molecule has 0 bridgehead atoms. The molecule has 2 aromatic carbocycles. The number of likely N-dealkylation sites (N-methyl/N-ethyl adjacent to an activating group) is 1. The number of hydrogen-bond donors (Lipinski definition) is 1. The number of amides is 1. The molecule has 0 aliphatic heterocycles. The Labute approximate surface area is 162 Å². The number of methoxy groups -OCH3 is 1. The van der Waals surface area contributed by atoms with E-state index in [-0.39, 0.29) is 24.6 Å². The van der Waals surface area contributed by atoms with Gasteiger partial charge in [0.05, 0.1) is 24.6 Å². The summed E-state index contributed by atoms with van der Waals surface area (Å²) in [6.07, 6.45) is 0. The highest BCUT2D eigenvalue weighted by atomic mass is 16.5. The first-order chi connectivity index (χ1) is 13.5. The van der Waals surface area contributed by atoms with Gasteiger partial charge >= 0.3 is 0 Å². The van der Waals surface area contributed by atoms with Gasteiger partial charge in [0.2, 0.25) is 0 Å². The van der Waals surface area contributed by atoms with Crippen molar-refractivity contribution in [3.8, 4) is 11.5 Å². The van der Waals surface area contributed by atoms with Crippen LogP contribution in [0.3, 0.4) is 0 Å². The van der Waals surface area contributed by atoms with Crippen LogP contribution in [-0.2, 0) is 11.3 Å². The number of aromatic amines is 1. The van der Waals surface area contributed by atoms with Gasteiger partial charge in [0.1, 0.15) is 5.82 Å². The highest BCUT2D eigenvalue weighted by Crippen LogP contribution is 2.27. The second kappa shape index (κ2) is 8.56. The Bertz CT molecular complexity index is 1050. The third-order valence-electron chi connectivity index (χ3n) is 4.41. The fourth-order valence-corrected chi connectivity index (χ4v) is 2.89. The first-order valence-electron chi connectivity index (χ1n) is 9.05. The van der Waals surface area contributed by atoms with Crippen molar-refractivity contribution in [3.05, 3.63) is 64.2 Å². The van der Waals surface area contributed by atoms with Crippen molar-refractivity contribution < 1.29 is 14.3 Å². The largest absolute Gasteiger partial charge is 0.493 e. The van der Waals surface area contributed by atoms with Gasteiger partial charge in [-0.2, -0.15) is 0 Å². The van der Waals surface area contributed by atoms with E-state index in [1.807, 2.05) is 32.0 Å². The highest BCUT2D eigenvalue weighted by Gasteiger charge is 2.16. The van der Waals surface area contributed by atoms with E-state index < -0.39 is 0 Å². The number of carbonyl (C=O) groups excluding carboxylic acids is 1. The number of ether oxygens (including phenoxy) is 2. The van der Waals surface area contributed by atoms with Crippen LogP contribution >= 0.6 is 0 Å². The van der Waals surface area contributed by atoms with Crippen LogP contribution in [0.25, 0.3) is 10.9 Å². The van der Waals surface area contributed by atoms with Crippen molar-refractivity contribution in [2.75, 3.05) is 20.3 Å². The lowest BCUT2D eigenvalue weighted by Gasteiger charge is -2.21. The zero-order valence-corrected chi connectivity index (χ0v) is 16.2. The molecule has 3 rings (SSSR count). The summed E-state index contributed by atoms with van der Waals surface area (Å²) in [7, 11) is 1.56. The van der Waals surface area contributed by atoms with Crippen molar-refractivity contribution in [3.63, 3.8) is 0 Å². The Morgan fingerprint density at radius 3 is 2.71 bits per heavy atom. The molecule has 0 saturated heterocycles. The lowest BCUT2D eigenvalue weighted by molar-refractivity contribution is -0.133. The van der Waals surface area contributed by atoms with E-state index in [9.17, 15) is 9.59 Å². The van der Waals surface area contributed by atoms with Gasteiger partial charge in [-0.3, -0.25) is 9.59 Å². The molecule has 1 heterocycles. The fourth-order valence-electron chi connectivity index (χ4n) is 2.89. The highest BCUT2D eigenvalue weighted by molar-refractivity contribution is 5.78. The van der Waals surface area contributed by atoms with E-state index in [2.05, 4.69) is 9.97 Å². The summed E-state index contributed by atoms with van der Waals surface area (Å²) in [5.74, 6) is 1.32. The molecule has 7 nitrogen and oxygen atoms in total. The number of rotatable bonds is 7. The van der Waals surface area contributed by atoms with Gasteiger partial charge in [-0.15, -0.1) is 0 Å². The summed E-state index contributed by atoms with van der Waals surface area (Å²) in [5, 5.41) is 0.524. The number of carbonyl (C=O) groups is 1. The zero-order valence-electron chi connectivity index (χ0n) is 16.2. The Morgan fingerprint density at radius 2 is 1.96 bits per heavy atom. The smallest absolute Gasteiger partial charge is 0.260 e. The van der Waals surface area contributed by atoms with Crippen LogP contribution in [0.15, 0.2) is 47.3 Å². The first-order valence-corrected chi connectivity index (χ1v) is 9.05. The summed E-state index contributed by atoms with van der Waals surface area (Å²) >= 11 is 0. The molecule has 1 N–H and O–H groups in total. The summed E-state index contributed by atoms with van der Waals surface area (Å²) in [5.41, 5.74) is 1.42. The Kier molecular flexibility index (Phi) is 5.93. The van der Waals surface area contributed by atoms with E-state index in [4.69, 9.17) is 9.47 Å². The SMILES string of the molecule is CCN(Cc1nc2ccccc2c(=O)[nH]1)C(=O)COc1ccc(C)cc1OC. The van der Waals surface area contributed by atoms with Crippen LogP contribution in [-0.4, -0.2) is 41.0 Å². The quantitative estimate of drug-likeness (QED) is 0.680. The number of hydrogen-bond acceptors (Lipinski definition) is 5.